The first kappa shape index (κ1) is 19.6. The van der Waals surface area contributed by atoms with Crippen LogP contribution in [0.15, 0.2) is 60.2 Å². The molecular formula is C20H22N4O3S. The highest BCUT2D eigenvalue weighted by Crippen LogP contribution is 2.17. The molecule has 0 aliphatic carbocycles. The molecule has 1 aromatic carbocycles. The van der Waals surface area contributed by atoms with E-state index in [1.807, 2.05) is 36.7 Å². The van der Waals surface area contributed by atoms with E-state index in [9.17, 15) is 9.59 Å². The molecule has 146 valence electrons. The lowest BCUT2D eigenvalue weighted by Crippen LogP contribution is -2.41. The second-order valence-corrected chi connectivity index (χ2v) is 7.29. The Morgan fingerprint density at radius 1 is 1.21 bits per heavy atom. The van der Waals surface area contributed by atoms with Crippen LogP contribution >= 0.6 is 11.3 Å². The predicted molar refractivity (Wildman–Crippen MR) is 108 cm³/mol. The molecule has 0 spiro atoms. The van der Waals surface area contributed by atoms with Gasteiger partial charge in [-0.15, -0.1) is 11.3 Å². The second-order valence-electron chi connectivity index (χ2n) is 6.26. The molecule has 0 saturated heterocycles. The molecule has 1 unspecified atom stereocenters. The lowest BCUT2D eigenvalue weighted by molar-refractivity contribution is -0.136. The highest BCUT2D eigenvalue weighted by molar-refractivity contribution is 7.09. The van der Waals surface area contributed by atoms with Crippen LogP contribution in [0.3, 0.4) is 0 Å². The molecule has 2 N–H and O–H groups in total. The van der Waals surface area contributed by atoms with Gasteiger partial charge >= 0.3 is 11.8 Å². The average Bonchev–Trinajstić information content (AvgIpc) is 3.36. The summed E-state index contributed by atoms with van der Waals surface area (Å²) in [5.41, 5.74) is 0.502. The number of hydrogen-bond acceptors (Lipinski definition) is 5. The van der Waals surface area contributed by atoms with E-state index in [0.717, 1.165) is 4.88 Å². The molecule has 0 radical (unpaired) electrons. The quantitative estimate of drug-likeness (QED) is 0.572. The van der Waals surface area contributed by atoms with Gasteiger partial charge in [-0.1, -0.05) is 12.1 Å². The fourth-order valence-corrected chi connectivity index (χ4v) is 3.45. The van der Waals surface area contributed by atoms with Gasteiger partial charge in [-0.3, -0.25) is 14.3 Å². The molecule has 1 atom stereocenters. The summed E-state index contributed by atoms with van der Waals surface area (Å²) in [4.78, 5) is 25.4. The van der Waals surface area contributed by atoms with Gasteiger partial charge in [0.1, 0.15) is 12.4 Å². The number of anilines is 1. The molecule has 3 aromatic rings. The minimum Gasteiger partial charge on any atom is -0.492 e. The van der Waals surface area contributed by atoms with Crippen LogP contribution in [0, 0.1) is 0 Å². The van der Waals surface area contributed by atoms with Crippen molar-refractivity contribution in [3.8, 4) is 5.75 Å². The fraction of sp³-hybridized carbons (Fsp3) is 0.250. The molecule has 0 aliphatic heterocycles. The van der Waals surface area contributed by atoms with Crippen LogP contribution in [-0.4, -0.2) is 34.2 Å². The van der Waals surface area contributed by atoms with Gasteiger partial charge in [0.25, 0.3) is 0 Å². The third kappa shape index (κ3) is 5.95. The highest BCUT2D eigenvalue weighted by atomic mass is 32.1. The number of aromatic nitrogens is 2. The van der Waals surface area contributed by atoms with Crippen molar-refractivity contribution in [3.63, 3.8) is 0 Å². The van der Waals surface area contributed by atoms with Crippen molar-refractivity contribution in [1.82, 2.24) is 15.1 Å². The second kappa shape index (κ2) is 9.70. The van der Waals surface area contributed by atoms with Crippen LogP contribution in [0.2, 0.25) is 0 Å². The van der Waals surface area contributed by atoms with E-state index < -0.39 is 11.8 Å². The van der Waals surface area contributed by atoms with Gasteiger partial charge in [0.05, 0.1) is 6.54 Å². The summed E-state index contributed by atoms with van der Waals surface area (Å²) in [7, 11) is 0. The predicted octanol–water partition coefficient (Wildman–Crippen LogP) is 2.71. The fourth-order valence-electron chi connectivity index (χ4n) is 2.61. The molecule has 0 fully saturated rings. The largest absolute Gasteiger partial charge is 0.492 e. The van der Waals surface area contributed by atoms with E-state index in [4.69, 9.17) is 4.74 Å². The Balaban J connectivity index is 1.46. The zero-order valence-electron chi connectivity index (χ0n) is 15.5. The van der Waals surface area contributed by atoms with Crippen molar-refractivity contribution in [2.24, 2.45) is 0 Å². The maximum absolute atomic E-state index is 12.2. The minimum atomic E-state index is -0.702. The van der Waals surface area contributed by atoms with Crippen LogP contribution in [0.4, 0.5) is 5.69 Å². The highest BCUT2D eigenvalue weighted by Gasteiger charge is 2.17. The first-order chi connectivity index (χ1) is 13.6. The number of hydrogen-bond donors (Lipinski definition) is 2. The van der Waals surface area contributed by atoms with Crippen molar-refractivity contribution in [2.75, 3.05) is 11.9 Å². The molecule has 2 aromatic heterocycles. The Hall–Kier alpha value is -3.13. The summed E-state index contributed by atoms with van der Waals surface area (Å²) >= 11 is 1.63. The number of ether oxygens (including phenoxy) is 1. The normalized spacial score (nSPS) is 11.6. The molecule has 0 saturated carbocycles. The number of amides is 2. The summed E-state index contributed by atoms with van der Waals surface area (Å²) in [5, 5.41) is 11.4. The van der Waals surface area contributed by atoms with Crippen molar-refractivity contribution < 1.29 is 14.3 Å². The Morgan fingerprint density at radius 2 is 2.11 bits per heavy atom. The number of nitrogens with zero attached hydrogens (tertiary/aromatic N) is 2. The molecule has 28 heavy (non-hydrogen) atoms. The number of carbonyl (C=O) groups is 2. The Morgan fingerprint density at radius 3 is 2.86 bits per heavy atom. The van der Waals surface area contributed by atoms with Crippen molar-refractivity contribution >= 4 is 28.8 Å². The number of thiophene rings is 1. The summed E-state index contributed by atoms with van der Waals surface area (Å²) in [6.07, 6.45) is 4.26. The van der Waals surface area contributed by atoms with Crippen molar-refractivity contribution in [3.05, 3.63) is 65.1 Å². The van der Waals surface area contributed by atoms with E-state index >= 15 is 0 Å². The van der Waals surface area contributed by atoms with E-state index in [1.165, 1.54) is 0 Å². The number of carbonyl (C=O) groups excluding carboxylic acids is 2. The molecule has 2 amide bonds. The van der Waals surface area contributed by atoms with Gasteiger partial charge in [0.2, 0.25) is 0 Å². The van der Waals surface area contributed by atoms with Gasteiger partial charge in [0.15, 0.2) is 0 Å². The van der Waals surface area contributed by atoms with E-state index in [1.54, 1.807) is 46.5 Å². The molecule has 0 bridgehead atoms. The lowest BCUT2D eigenvalue weighted by atomic mass is 10.2. The average molecular weight is 398 g/mol. The monoisotopic (exact) mass is 398 g/mol. The topological polar surface area (TPSA) is 85.3 Å². The summed E-state index contributed by atoms with van der Waals surface area (Å²) in [6, 6.07) is 12.6. The third-order valence-electron chi connectivity index (χ3n) is 3.91. The summed E-state index contributed by atoms with van der Waals surface area (Å²) in [6.45, 7) is 2.94. The van der Waals surface area contributed by atoms with E-state index in [-0.39, 0.29) is 6.04 Å². The number of rotatable bonds is 8. The molecular weight excluding hydrogens is 376 g/mol. The van der Waals surface area contributed by atoms with Crippen LogP contribution < -0.4 is 15.4 Å². The molecule has 8 heteroatoms. The first-order valence-corrected chi connectivity index (χ1v) is 9.82. The number of benzene rings is 1. The lowest BCUT2D eigenvalue weighted by Gasteiger charge is -2.13. The molecule has 7 nitrogen and oxygen atoms in total. The van der Waals surface area contributed by atoms with Crippen molar-refractivity contribution in [2.45, 2.75) is 25.9 Å². The Labute approximate surface area is 167 Å². The van der Waals surface area contributed by atoms with Crippen molar-refractivity contribution in [1.29, 1.82) is 0 Å². The minimum absolute atomic E-state index is 0.131. The van der Waals surface area contributed by atoms with Crippen LogP contribution in [0.1, 0.15) is 11.8 Å². The van der Waals surface area contributed by atoms with Crippen LogP contribution in [0.25, 0.3) is 0 Å². The Kier molecular flexibility index (Phi) is 6.80. The van der Waals surface area contributed by atoms with Gasteiger partial charge in [-0.2, -0.15) is 5.10 Å². The molecule has 3 rings (SSSR count). The zero-order chi connectivity index (χ0) is 19.8. The standard InChI is InChI=1S/C20H22N4O3S/c1-15(13-18-7-3-12-28-18)22-19(25)20(26)23-16-5-2-6-17(14-16)27-11-10-24-9-4-8-21-24/h2-9,12,14-15H,10-11,13H2,1H3,(H,22,25)(H,23,26). The van der Waals surface area contributed by atoms with Crippen LogP contribution in [-0.2, 0) is 22.6 Å². The van der Waals surface area contributed by atoms with Crippen LogP contribution in [0.5, 0.6) is 5.75 Å². The maximum Gasteiger partial charge on any atom is 0.313 e. The van der Waals surface area contributed by atoms with Gasteiger partial charge in [-0.25, -0.2) is 0 Å². The Bertz CT molecular complexity index is 894. The van der Waals surface area contributed by atoms with Gasteiger partial charge in [0, 0.05) is 41.5 Å². The SMILES string of the molecule is CC(Cc1cccs1)NC(=O)C(=O)Nc1cccc(OCCn2cccn2)c1. The first-order valence-electron chi connectivity index (χ1n) is 8.94. The summed E-state index contributed by atoms with van der Waals surface area (Å²) < 4.78 is 7.44. The zero-order valence-corrected chi connectivity index (χ0v) is 16.3. The molecule has 0 aliphatic rings. The third-order valence-corrected chi connectivity index (χ3v) is 4.81. The molecule has 2 heterocycles. The van der Waals surface area contributed by atoms with Gasteiger partial charge < -0.3 is 15.4 Å². The van der Waals surface area contributed by atoms with E-state index in [2.05, 4.69) is 15.7 Å². The summed E-state index contributed by atoms with van der Waals surface area (Å²) in [5.74, 6) is -0.753. The number of nitrogens with one attached hydrogen (secondary N) is 2. The van der Waals surface area contributed by atoms with E-state index in [0.29, 0.717) is 31.0 Å². The maximum atomic E-state index is 12.2. The van der Waals surface area contributed by atoms with Gasteiger partial charge in [-0.05, 0) is 36.6 Å². The smallest absolute Gasteiger partial charge is 0.313 e.